The van der Waals surface area contributed by atoms with Crippen LogP contribution in [0.5, 0.6) is 11.5 Å². The van der Waals surface area contributed by atoms with Gasteiger partial charge in [-0.05, 0) is 29.8 Å². The van der Waals surface area contributed by atoms with Crippen LogP contribution in [0.25, 0.3) is 0 Å². The summed E-state index contributed by atoms with van der Waals surface area (Å²) in [5.41, 5.74) is 6.92. The molecule has 0 radical (unpaired) electrons. The zero-order valence-corrected chi connectivity index (χ0v) is 15.8. The van der Waals surface area contributed by atoms with Gasteiger partial charge in [-0.15, -0.1) is 0 Å². The molecule has 0 spiro atoms. The van der Waals surface area contributed by atoms with Crippen LogP contribution in [0.15, 0.2) is 47.2 Å². The lowest BCUT2D eigenvalue weighted by atomic mass is 9.87. The van der Waals surface area contributed by atoms with Gasteiger partial charge in [0.2, 0.25) is 5.91 Å². The summed E-state index contributed by atoms with van der Waals surface area (Å²) in [4.78, 5) is 23.4. The molecule has 0 saturated carbocycles. The SMILES string of the molecule is COc1cc([C@@H]2CC(=O)Nc3c2cnn3Cc2ccco2)ccc1OCC(N)=O. The summed E-state index contributed by atoms with van der Waals surface area (Å²) in [7, 11) is 1.51. The minimum Gasteiger partial charge on any atom is -0.493 e. The number of nitrogens with one attached hydrogen (secondary N) is 1. The standard InChI is InChI=1S/C20H20N4O5/c1-27-17-7-12(4-5-16(17)29-11-18(21)25)14-8-19(26)23-20-15(14)9-22-24(20)10-13-3-2-6-28-13/h2-7,9,14H,8,10-11H2,1H3,(H2,21,25)(H,23,26)/t14-/m0/s1. The van der Waals surface area contributed by atoms with Gasteiger partial charge in [-0.1, -0.05) is 6.07 Å². The predicted molar refractivity (Wildman–Crippen MR) is 103 cm³/mol. The number of fused-ring (bicyclic) bond motifs is 1. The van der Waals surface area contributed by atoms with Crippen LogP contribution in [0, 0.1) is 0 Å². The van der Waals surface area contributed by atoms with Gasteiger partial charge in [0.05, 0.1) is 19.6 Å². The molecule has 4 rings (SSSR count). The Hall–Kier alpha value is -3.75. The molecule has 1 aliphatic rings. The van der Waals surface area contributed by atoms with E-state index in [9.17, 15) is 9.59 Å². The Morgan fingerprint density at radius 1 is 1.38 bits per heavy atom. The molecule has 0 unspecified atom stereocenters. The van der Waals surface area contributed by atoms with Crippen LogP contribution in [0.4, 0.5) is 5.82 Å². The Morgan fingerprint density at radius 2 is 2.24 bits per heavy atom. The fourth-order valence-corrected chi connectivity index (χ4v) is 3.41. The van der Waals surface area contributed by atoms with Gasteiger partial charge in [0.1, 0.15) is 18.1 Å². The molecule has 0 aliphatic carbocycles. The molecule has 3 aromatic rings. The van der Waals surface area contributed by atoms with Crippen molar-refractivity contribution in [1.29, 1.82) is 0 Å². The molecule has 2 aromatic heterocycles. The van der Waals surface area contributed by atoms with E-state index in [-0.39, 0.29) is 24.9 Å². The molecule has 1 atom stereocenters. The van der Waals surface area contributed by atoms with Crippen LogP contribution in [-0.4, -0.2) is 35.3 Å². The topological polar surface area (TPSA) is 122 Å². The van der Waals surface area contributed by atoms with Crippen molar-refractivity contribution in [3.05, 3.63) is 59.7 Å². The van der Waals surface area contributed by atoms with Crippen LogP contribution in [-0.2, 0) is 16.1 Å². The normalized spacial score (nSPS) is 15.5. The van der Waals surface area contributed by atoms with Crippen LogP contribution < -0.4 is 20.5 Å². The van der Waals surface area contributed by atoms with Crippen molar-refractivity contribution >= 4 is 17.6 Å². The van der Waals surface area contributed by atoms with Crippen molar-refractivity contribution in [2.75, 3.05) is 19.0 Å². The monoisotopic (exact) mass is 396 g/mol. The lowest BCUT2D eigenvalue weighted by Crippen LogP contribution is -2.25. The second kappa shape index (κ2) is 7.70. The summed E-state index contributed by atoms with van der Waals surface area (Å²) in [6.07, 6.45) is 3.64. The maximum atomic E-state index is 12.4. The van der Waals surface area contributed by atoms with Gasteiger partial charge in [0, 0.05) is 17.9 Å². The van der Waals surface area contributed by atoms with Crippen LogP contribution in [0.3, 0.4) is 0 Å². The van der Waals surface area contributed by atoms with Gasteiger partial charge >= 0.3 is 0 Å². The zero-order valence-electron chi connectivity index (χ0n) is 15.8. The summed E-state index contributed by atoms with van der Waals surface area (Å²) in [5.74, 6) is 1.39. The van der Waals surface area contributed by atoms with Crippen LogP contribution in [0.2, 0.25) is 0 Å². The maximum absolute atomic E-state index is 12.4. The highest BCUT2D eigenvalue weighted by Gasteiger charge is 2.30. The van der Waals surface area contributed by atoms with Gasteiger partial charge in [-0.3, -0.25) is 9.59 Å². The van der Waals surface area contributed by atoms with Crippen molar-refractivity contribution in [1.82, 2.24) is 9.78 Å². The van der Waals surface area contributed by atoms with Crippen molar-refractivity contribution in [3.63, 3.8) is 0 Å². The van der Waals surface area contributed by atoms with Crippen LogP contribution in [0.1, 0.15) is 29.2 Å². The number of anilines is 1. The number of benzene rings is 1. The highest BCUT2D eigenvalue weighted by molar-refractivity contribution is 5.94. The molecule has 0 bridgehead atoms. The number of hydrogen-bond donors (Lipinski definition) is 2. The van der Waals surface area contributed by atoms with E-state index >= 15 is 0 Å². The molecular formula is C20H20N4O5. The largest absolute Gasteiger partial charge is 0.493 e. The number of carbonyl (C=O) groups is 2. The number of nitrogens with two attached hydrogens (primary N) is 1. The minimum absolute atomic E-state index is 0.100. The lowest BCUT2D eigenvalue weighted by molar-refractivity contribution is -0.120. The number of furan rings is 1. The molecule has 0 fully saturated rings. The van der Waals surface area contributed by atoms with Gasteiger partial charge in [-0.25, -0.2) is 4.68 Å². The molecule has 9 nitrogen and oxygen atoms in total. The summed E-state index contributed by atoms with van der Waals surface area (Å²) in [5, 5.41) is 7.33. The average molecular weight is 396 g/mol. The first kappa shape index (κ1) is 18.6. The number of ether oxygens (including phenoxy) is 2. The van der Waals surface area contributed by atoms with E-state index in [4.69, 9.17) is 19.6 Å². The molecule has 9 heteroatoms. The number of methoxy groups -OCH3 is 1. The van der Waals surface area contributed by atoms with E-state index in [0.29, 0.717) is 23.9 Å². The third kappa shape index (κ3) is 3.79. The number of hydrogen-bond acceptors (Lipinski definition) is 6. The summed E-state index contributed by atoms with van der Waals surface area (Å²) < 4.78 is 17.9. The number of amides is 2. The first-order chi connectivity index (χ1) is 14.0. The third-order valence-corrected chi connectivity index (χ3v) is 4.74. The molecule has 29 heavy (non-hydrogen) atoms. The first-order valence-corrected chi connectivity index (χ1v) is 9.02. The Kier molecular flexibility index (Phi) is 4.94. The predicted octanol–water partition coefficient (Wildman–Crippen LogP) is 1.87. The van der Waals surface area contributed by atoms with E-state index < -0.39 is 5.91 Å². The number of primary amides is 1. The molecule has 2 amide bonds. The number of aromatic nitrogens is 2. The van der Waals surface area contributed by atoms with Crippen molar-refractivity contribution in [3.8, 4) is 11.5 Å². The van der Waals surface area contributed by atoms with Crippen molar-refractivity contribution in [2.45, 2.75) is 18.9 Å². The van der Waals surface area contributed by atoms with Crippen molar-refractivity contribution < 1.29 is 23.5 Å². The second-order valence-electron chi connectivity index (χ2n) is 6.66. The molecule has 0 saturated heterocycles. The smallest absolute Gasteiger partial charge is 0.255 e. The molecule has 1 aromatic carbocycles. The fourth-order valence-electron chi connectivity index (χ4n) is 3.41. The van der Waals surface area contributed by atoms with Gasteiger partial charge in [0.15, 0.2) is 18.1 Å². The fraction of sp³-hybridized carbons (Fsp3) is 0.250. The Bertz CT molecular complexity index is 1040. The quantitative estimate of drug-likeness (QED) is 0.629. The van der Waals surface area contributed by atoms with Gasteiger partial charge in [0.25, 0.3) is 5.91 Å². The van der Waals surface area contributed by atoms with Gasteiger partial charge in [-0.2, -0.15) is 5.10 Å². The summed E-state index contributed by atoms with van der Waals surface area (Å²) in [6.45, 7) is 0.170. The van der Waals surface area contributed by atoms with E-state index in [1.165, 1.54) is 7.11 Å². The molecular weight excluding hydrogens is 376 g/mol. The van der Waals surface area contributed by atoms with E-state index in [1.807, 2.05) is 12.1 Å². The highest BCUT2D eigenvalue weighted by atomic mass is 16.5. The Balaban J connectivity index is 1.65. The third-order valence-electron chi connectivity index (χ3n) is 4.74. The second-order valence-corrected chi connectivity index (χ2v) is 6.66. The summed E-state index contributed by atoms with van der Waals surface area (Å²) >= 11 is 0. The lowest BCUT2D eigenvalue weighted by Gasteiger charge is -2.24. The summed E-state index contributed by atoms with van der Waals surface area (Å²) in [6, 6.07) is 9.01. The molecule has 3 heterocycles. The molecule has 1 aliphatic heterocycles. The average Bonchev–Trinajstić information content (AvgIpc) is 3.36. The van der Waals surface area contributed by atoms with Crippen molar-refractivity contribution in [2.24, 2.45) is 5.73 Å². The van der Waals surface area contributed by atoms with E-state index in [1.54, 1.807) is 35.3 Å². The number of rotatable bonds is 7. The number of nitrogens with zero attached hydrogens (tertiary/aromatic N) is 2. The first-order valence-electron chi connectivity index (χ1n) is 9.02. The maximum Gasteiger partial charge on any atom is 0.255 e. The number of carbonyl (C=O) groups excluding carboxylic acids is 2. The Labute approximate surface area is 166 Å². The molecule has 3 N–H and O–H groups in total. The zero-order chi connectivity index (χ0) is 20.4. The molecule has 150 valence electrons. The highest BCUT2D eigenvalue weighted by Crippen LogP contribution is 2.40. The van der Waals surface area contributed by atoms with E-state index in [0.717, 1.165) is 16.9 Å². The van der Waals surface area contributed by atoms with Crippen LogP contribution >= 0.6 is 0 Å². The minimum atomic E-state index is -0.575. The van der Waals surface area contributed by atoms with E-state index in [2.05, 4.69) is 10.4 Å². The van der Waals surface area contributed by atoms with Gasteiger partial charge < -0.3 is 24.9 Å². The Morgan fingerprint density at radius 3 is 2.97 bits per heavy atom.